The minimum absolute atomic E-state index is 0.111. The number of hydrogen-bond donors (Lipinski definition) is 1. The Hall–Kier alpha value is -3.46. The number of rotatable bonds is 9. The van der Waals surface area contributed by atoms with Crippen LogP contribution in [0.2, 0.25) is 0 Å². The van der Waals surface area contributed by atoms with Gasteiger partial charge in [-0.3, -0.25) is 14.5 Å². The summed E-state index contributed by atoms with van der Waals surface area (Å²) in [5.74, 6) is -0.766. The largest absolute Gasteiger partial charge is 0.507 e. The second-order valence-corrected chi connectivity index (χ2v) is 11.0. The van der Waals surface area contributed by atoms with Crippen LogP contribution in [0, 0.1) is 6.92 Å². The molecule has 1 N–H and O–H groups in total. The Morgan fingerprint density at radius 2 is 1.73 bits per heavy atom. The van der Waals surface area contributed by atoms with E-state index in [9.17, 15) is 14.7 Å². The van der Waals surface area contributed by atoms with Crippen molar-refractivity contribution in [3.63, 3.8) is 0 Å². The number of nitrogens with zero attached hydrogens (tertiary/aromatic N) is 2. The molecule has 2 aliphatic rings. The van der Waals surface area contributed by atoms with Gasteiger partial charge in [0.2, 0.25) is 0 Å². The third kappa shape index (κ3) is 6.30. The van der Waals surface area contributed by atoms with Gasteiger partial charge < -0.3 is 19.5 Å². The predicted octanol–water partition coefficient (Wildman–Crippen LogP) is 5.48. The van der Waals surface area contributed by atoms with Crippen LogP contribution < -0.4 is 4.74 Å². The molecule has 1 amide bonds. The zero-order chi connectivity index (χ0) is 28.1. The normalized spacial score (nSPS) is 19.2. The van der Waals surface area contributed by atoms with Crippen molar-refractivity contribution in [2.45, 2.75) is 26.0 Å². The first-order valence-electron chi connectivity index (χ1n) is 13.5. The fourth-order valence-corrected chi connectivity index (χ4v) is 5.53. The lowest BCUT2D eigenvalue weighted by molar-refractivity contribution is -0.140. The molecule has 3 aromatic rings. The van der Waals surface area contributed by atoms with Crippen molar-refractivity contribution in [2.24, 2.45) is 0 Å². The van der Waals surface area contributed by atoms with Gasteiger partial charge in [0, 0.05) is 36.2 Å². The second kappa shape index (κ2) is 12.8. The predicted molar refractivity (Wildman–Crippen MR) is 157 cm³/mol. The maximum absolute atomic E-state index is 13.4. The van der Waals surface area contributed by atoms with Crippen molar-refractivity contribution in [3.8, 4) is 5.75 Å². The number of morpholine rings is 1. The Morgan fingerprint density at radius 1 is 1.00 bits per heavy atom. The van der Waals surface area contributed by atoms with Crippen LogP contribution in [0.1, 0.15) is 34.7 Å². The fraction of sp³-hybridized carbons (Fsp3) is 0.312. The van der Waals surface area contributed by atoms with Crippen LogP contribution in [0.3, 0.4) is 0 Å². The minimum Gasteiger partial charge on any atom is -0.507 e. The zero-order valence-electron chi connectivity index (χ0n) is 22.5. The molecule has 0 bridgehead atoms. The van der Waals surface area contributed by atoms with E-state index in [-0.39, 0.29) is 11.3 Å². The number of aryl methyl sites for hydroxylation is 1. The first kappa shape index (κ1) is 28.1. The van der Waals surface area contributed by atoms with Crippen molar-refractivity contribution in [1.82, 2.24) is 9.80 Å². The highest BCUT2D eigenvalue weighted by molar-refractivity contribution is 9.10. The molecule has 0 aliphatic carbocycles. The Balaban J connectivity index is 1.42. The Kier molecular flexibility index (Phi) is 8.99. The minimum atomic E-state index is -0.675. The third-order valence-corrected chi connectivity index (χ3v) is 7.93. The molecular formula is C32H33BrN2O5. The van der Waals surface area contributed by atoms with E-state index < -0.39 is 17.7 Å². The van der Waals surface area contributed by atoms with E-state index in [1.807, 2.05) is 67.6 Å². The van der Waals surface area contributed by atoms with Gasteiger partial charge in [0.25, 0.3) is 11.7 Å². The molecule has 0 unspecified atom stereocenters. The number of halogens is 1. The highest BCUT2D eigenvalue weighted by atomic mass is 79.9. The fourth-order valence-electron chi connectivity index (χ4n) is 5.27. The summed E-state index contributed by atoms with van der Waals surface area (Å²) in [4.78, 5) is 30.6. The molecule has 2 heterocycles. The van der Waals surface area contributed by atoms with E-state index >= 15 is 0 Å². The summed E-state index contributed by atoms with van der Waals surface area (Å²) in [7, 11) is 0. The number of amides is 1. The standard InChI is InChI=1S/C32H33BrN2O5/c1-22-20-26(40-21-23-6-3-2-4-7-23)12-13-27(22)30(36)28-29(24-8-10-25(33)11-9-24)35(32(38)31(28)37)15-5-14-34-16-18-39-19-17-34/h2-4,6-13,20,29,36H,5,14-19,21H2,1H3/t29-/m0/s1. The highest BCUT2D eigenvalue weighted by Gasteiger charge is 2.46. The monoisotopic (exact) mass is 604 g/mol. The van der Waals surface area contributed by atoms with E-state index in [0.29, 0.717) is 44.1 Å². The van der Waals surface area contributed by atoms with Gasteiger partial charge in [-0.1, -0.05) is 58.4 Å². The van der Waals surface area contributed by atoms with Gasteiger partial charge in [0.1, 0.15) is 18.1 Å². The summed E-state index contributed by atoms with van der Waals surface area (Å²) in [5, 5.41) is 11.5. The number of ketones is 1. The van der Waals surface area contributed by atoms with Crippen molar-refractivity contribution < 1.29 is 24.2 Å². The van der Waals surface area contributed by atoms with Crippen LogP contribution in [0.4, 0.5) is 0 Å². The average molecular weight is 606 g/mol. The van der Waals surface area contributed by atoms with Gasteiger partial charge in [0.15, 0.2) is 0 Å². The lowest BCUT2D eigenvalue weighted by Crippen LogP contribution is -2.38. The quantitative estimate of drug-likeness (QED) is 0.198. The Labute approximate surface area is 243 Å². The Bertz CT molecular complexity index is 1380. The molecule has 0 radical (unpaired) electrons. The van der Waals surface area contributed by atoms with E-state index in [4.69, 9.17) is 9.47 Å². The van der Waals surface area contributed by atoms with Gasteiger partial charge >= 0.3 is 0 Å². The highest BCUT2D eigenvalue weighted by Crippen LogP contribution is 2.40. The summed E-state index contributed by atoms with van der Waals surface area (Å²) in [6.45, 7) is 6.63. The van der Waals surface area contributed by atoms with Crippen LogP contribution in [0.25, 0.3) is 5.76 Å². The maximum Gasteiger partial charge on any atom is 0.295 e. The zero-order valence-corrected chi connectivity index (χ0v) is 24.1. The third-order valence-electron chi connectivity index (χ3n) is 7.40. The molecule has 0 saturated carbocycles. The second-order valence-electron chi connectivity index (χ2n) is 10.1. The molecular weight excluding hydrogens is 572 g/mol. The molecule has 8 heteroatoms. The van der Waals surface area contributed by atoms with E-state index in [0.717, 1.165) is 40.8 Å². The van der Waals surface area contributed by atoms with Crippen LogP contribution in [-0.2, 0) is 20.9 Å². The molecule has 2 fully saturated rings. The summed E-state index contributed by atoms with van der Waals surface area (Å²) in [5.41, 5.74) is 3.18. The smallest absolute Gasteiger partial charge is 0.295 e. The van der Waals surface area contributed by atoms with Gasteiger partial charge in [-0.15, -0.1) is 0 Å². The molecule has 1 atom stereocenters. The molecule has 2 saturated heterocycles. The number of aliphatic hydroxyl groups excluding tert-OH is 1. The molecule has 0 aromatic heterocycles. The van der Waals surface area contributed by atoms with E-state index in [1.165, 1.54) is 0 Å². The molecule has 3 aromatic carbocycles. The number of ether oxygens (including phenoxy) is 2. The SMILES string of the molecule is Cc1cc(OCc2ccccc2)ccc1C(O)=C1C(=O)C(=O)N(CCCN2CCOCC2)[C@H]1c1ccc(Br)cc1. The maximum atomic E-state index is 13.4. The number of carbonyl (C=O) groups excluding carboxylic acids is 2. The van der Waals surface area contributed by atoms with Crippen LogP contribution in [0.15, 0.2) is 82.8 Å². The number of benzene rings is 3. The summed E-state index contributed by atoms with van der Waals surface area (Å²) >= 11 is 3.47. The first-order valence-corrected chi connectivity index (χ1v) is 14.3. The van der Waals surface area contributed by atoms with Crippen LogP contribution >= 0.6 is 15.9 Å². The molecule has 5 rings (SSSR count). The number of likely N-dealkylation sites (tertiary alicyclic amines) is 1. The topological polar surface area (TPSA) is 79.3 Å². The van der Waals surface area contributed by atoms with Gasteiger partial charge in [-0.05, 0) is 60.4 Å². The average Bonchev–Trinajstić information content (AvgIpc) is 3.22. The molecule has 0 spiro atoms. The van der Waals surface area contributed by atoms with Gasteiger partial charge in [-0.2, -0.15) is 0 Å². The van der Waals surface area contributed by atoms with Crippen LogP contribution in [-0.4, -0.2) is 66.0 Å². The summed E-state index contributed by atoms with van der Waals surface area (Å²) < 4.78 is 12.3. The number of hydrogen-bond acceptors (Lipinski definition) is 6. The van der Waals surface area contributed by atoms with E-state index in [2.05, 4.69) is 20.8 Å². The molecule has 40 heavy (non-hydrogen) atoms. The lowest BCUT2D eigenvalue weighted by Gasteiger charge is -2.29. The van der Waals surface area contributed by atoms with Gasteiger partial charge in [0.05, 0.1) is 24.8 Å². The number of aliphatic hydroxyl groups is 1. The van der Waals surface area contributed by atoms with Gasteiger partial charge in [-0.25, -0.2) is 0 Å². The first-order chi connectivity index (χ1) is 19.4. The summed E-state index contributed by atoms with van der Waals surface area (Å²) in [6.07, 6.45) is 0.715. The number of Topliss-reactive ketones (excluding diaryl/α,β-unsaturated/α-hetero) is 1. The van der Waals surface area contributed by atoms with Crippen molar-refractivity contribution in [2.75, 3.05) is 39.4 Å². The Morgan fingerprint density at radius 3 is 2.42 bits per heavy atom. The molecule has 208 valence electrons. The van der Waals surface area contributed by atoms with Crippen LogP contribution in [0.5, 0.6) is 5.75 Å². The van der Waals surface area contributed by atoms with Crippen molar-refractivity contribution >= 4 is 33.4 Å². The molecule has 7 nitrogen and oxygen atoms in total. The molecule has 2 aliphatic heterocycles. The van der Waals surface area contributed by atoms with Crippen molar-refractivity contribution in [3.05, 3.63) is 105 Å². The summed E-state index contributed by atoms with van der Waals surface area (Å²) in [6, 6.07) is 22.1. The van der Waals surface area contributed by atoms with E-state index in [1.54, 1.807) is 17.0 Å². The lowest BCUT2D eigenvalue weighted by atomic mass is 9.94. The number of carbonyl (C=O) groups is 2. The van der Waals surface area contributed by atoms with Crippen molar-refractivity contribution in [1.29, 1.82) is 0 Å².